The van der Waals surface area contributed by atoms with Gasteiger partial charge in [-0.1, -0.05) is 12.1 Å². The maximum Gasteiger partial charge on any atom is 0.266 e. The van der Waals surface area contributed by atoms with Crippen LogP contribution in [0.3, 0.4) is 0 Å². The molecule has 0 saturated heterocycles. The van der Waals surface area contributed by atoms with Crippen molar-refractivity contribution in [3.63, 3.8) is 0 Å². The van der Waals surface area contributed by atoms with Gasteiger partial charge in [0.1, 0.15) is 6.07 Å². The second kappa shape index (κ2) is 4.46. The number of nitrogens with two attached hydrogens (primary N) is 1. The quantitative estimate of drug-likeness (QED) is 0.639. The number of hydrogen-bond acceptors (Lipinski definition) is 4. The highest BCUT2D eigenvalue weighted by atomic mass is 16.2. The van der Waals surface area contributed by atoms with Crippen LogP contribution in [0.15, 0.2) is 36.4 Å². The Kier molecular flexibility index (Phi) is 2.73. The first-order valence-corrected chi connectivity index (χ1v) is 6.32. The fourth-order valence-corrected chi connectivity index (χ4v) is 2.46. The van der Waals surface area contributed by atoms with Gasteiger partial charge in [0, 0.05) is 5.69 Å². The number of aryl methyl sites for hydroxylation is 1. The minimum atomic E-state index is -0.454. The minimum absolute atomic E-state index is 0.269. The third-order valence-electron chi connectivity index (χ3n) is 3.51. The number of rotatable bonds is 1. The van der Waals surface area contributed by atoms with Crippen molar-refractivity contribution in [1.29, 1.82) is 5.26 Å². The highest BCUT2D eigenvalue weighted by Gasteiger charge is 2.37. The third-order valence-corrected chi connectivity index (χ3v) is 3.51. The monoisotopic (exact) mass is 277 g/mol. The fraction of sp³-hybridized carbons (Fsp3) is 0.0625. The van der Waals surface area contributed by atoms with Crippen LogP contribution in [-0.4, -0.2) is 11.8 Å². The van der Waals surface area contributed by atoms with E-state index in [0.29, 0.717) is 28.1 Å². The Morgan fingerprint density at radius 3 is 2.52 bits per heavy atom. The molecule has 2 aromatic rings. The lowest BCUT2D eigenvalue weighted by molar-refractivity contribution is 0.0926. The molecule has 0 unspecified atom stereocenters. The van der Waals surface area contributed by atoms with Gasteiger partial charge in [0.25, 0.3) is 11.8 Å². The Morgan fingerprint density at radius 2 is 1.81 bits per heavy atom. The molecule has 3 rings (SSSR count). The molecule has 0 bridgehead atoms. The maximum atomic E-state index is 12.5. The number of nitriles is 1. The van der Waals surface area contributed by atoms with Gasteiger partial charge in [0.05, 0.1) is 22.4 Å². The van der Waals surface area contributed by atoms with E-state index in [2.05, 4.69) is 0 Å². The van der Waals surface area contributed by atoms with Crippen molar-refractivity contribution in [2.24, 2.45) is 0 Å². The predicted molar refractivity (Wildman–Crippen MR) is 77.9 cm³/mol. The molecule has 0 aliphatic carbocycles. The summed E-state index contributed by atoms with van der Waals surface area (Å²) in [6.45, 7) is 1.76. The first-order chi connectivity index (χ1) is 10.0. The van der Waals surface area contributed by atoms with Crippen LogP contribution in [0.1, 0.15) is 31.8 Å². The van der Waals surface area contributed by atoms with E-state index in [1.165, 1.54) is 12.1 Å². The number of anilines is 2. The zero-order chi connectivity index (χ0) is 15.1. The van der Waals surface area contributed by atoms with E-state index in [4.69, 9.17) is 5.73 Å². The van der Waals surface area contributed by atoms with Gasteiger partial charge in [-0.2, -0.15) is 5.26 Å². The molecule has 2 amide bonds. The smallest absolute Gasteiger partial charge is 0.266 e. The second-order valence-electron chi connectivity index (χ2n) is 4.83. The lowest BCUT2D eigenvalue weighted by Gasteiger charge is -2.16. The highest BCUT2D eigenvalue weighted by molar-refractivity contribution is 6.35. The Labute approximate surface area is 121 Å². The molecular formula is C16H11N3O2. The van der Waals surface area contributed by atoms with Crippen LogP contribution in [0.25, 0.3) is 0 Å². The van der Waals surface area contributed by atoms with Gasteiger partial charge in [0.2, 0.25) is 0 Å². The molecule has 5 nitrogen and oxygen atoms in total. The number of carbonyl (C=O) groups is 2. The van der Waals surface area contributed by atoms with Gasteiger partial charge in [-0.25, -0.2) is 4.90 Å². The summed E-state index contributed by atoms with van der Waals surface area (Å²) in [6, 6.07) is 11.7. The summed E-state index contributed by atoms with van der Waals surface area (Å²) in [5, 5.41) is 9.27. The lowest BCUT2D eigenvalue weighted by Crippen LogP contribution is -2.30. The minimum Gasteiger partial charge on any atom is -0.399 e. The molecule has 1 aliphatic heterocycles. The predicted octanol–water partition coefficient (Wildman–Crippen LogP) is 2.25. The molecule has 5 heteroatoms. The van der Waals surface area contributed by atoms with E-state index in [0.717, 1.165) is 4.90 Å². The Morgan fingerprint density at radius 1 is 1.10 bits per heavy atom. The van der Waals surface area contributed by atoms with Gasteiger partial charge in [0.15, 0.2) is 0 Å². The molecule has 0 spiro atoms. The lowest BCUT2D eigenvalue weighted by atomic mass is 10.1. The van der Waals surface area contributed by atoms with E-state index in [-0.39, 0.29) is 5.56 Å². The third kappa shape index (κ3) is 1.77. The van der Waals surface area contributed by atoms with Gasteiger partial charge >= 0.3 is 0 Å². The van der Waals surface area contributed by atoms with Crippen LogP contribution in [-0.2, 0) is 0 Å². The summed E-state index contributed by atoms with van der Waals surface area (Å²) in [5.74, 6) is -0.887. The van der Waals surface area contributed by atoms with E-state index in [1.807, 2.05) is 6.07 Å². The average molecular weight is 277 g/mol. The number of benzene rings is 2. The molecule has 0 aromatic heterocycles. The molecule has 0 radical (unpaired) electrons. The van der Waals surface area contributed by atoms with Crippen LogP contribution in [0, 0.1) is 18.3 Å². The largest absolute Gasteiger partial charge is 0.399 e. The van der Waals surface area contributed by atoms with Crippen molar-refractivity contribution in [2.75, 3.05) is 10.6 Å². The van der Waals surface area contributed by atoms with Crippen molar-refractivity contribution < 1.29 is 9.59 Å². The number of hydrogen-bond donors (Lipinski definition) is 1. The molecule has 0 saturated carbocycles. The van der Waals surface area contributed by atoms with E-state index < -0.39 is 11.8 Å². The van der Waals surface area contributed by atoms with E-state index >= 15 is 0 Å². The van der Waals surface area contributed by atoms with Crippen LogP contribution < -0.4 is 10.6 Å². The second-order valence-corrected chi connectivity index (χ2v) is 4.83. The average Bonchev–Trinajstić information content (AvgIpc) is 2.70. The van der Waals surface area contributed by atoms with Crippen LogP contribution in [0.4, 0.5) is 11.4 Å². The summed E-state index contributed by atoms with van der Waals surface area (Å²) < 4.78 is 0. The first kappa shape index (κ1) is 12.9. The molecule has 2 aromatic carbocycles. The van der Waals surface area contributed by atoms with Crippen LogP contribution >= 0.6 is 0 Å². The first-order valence-electron chi connectivity index (χ1n) is 6.32. The Bertz CT molecular complexity index is 834. The molecule has 2 N–H and O–H groups in total. The maximum absolute atomic E-state index is 12.5. The number of imide groups is 1. The van der Waals surface area contributed by atoms with Crippen LogP contribution in [0.2, 0.25) is 0 Å². The van der Waals surface area contributed by atoms with Crippen molar-refractivity contribution in [3.05, 3.63) is 58.7 Å². The molecule has 1 aliphatic rings. The topological polar surface area (TPSA) is 87.2 Å². The van der Waals surface area contributed by atoms with Crippen LogP contribution in [0.5, 0.6) is 0 Å². The normalized spacial score (nSPS) is 13.2. The Hall–Kier alpha value is -3.13. The van der Waals surface area contributed by atoms with Crippen molar-refractivity contribution >= 4 is 23.2 Å². The van der Waals surface area contributed by atoms with Gasteiger partial charge in [-0.3, -0.25) is 9.59 Å². The number of fused-ring (bicyclic) bond motifs is 1. The zero-order valence-electron chi connectivity index (χ0n) is 11.3. The van der Waals surface area contributed by atoms with E-state index in [1.54, 1.807) is 31.2 Å². The van der Waals surface area contributed by atoms with Gasteiger partial charge in [-0.05, 0) is 36.8 Å². The van der Waals surface area contributed by atoms with Gasteiger partial charge < -0.3 is 5.73 Å². The van der Waals surface area contributed by atoms with Crippen molar-refractivity contribution in [3.8, 4) is 6.07 Å². The summed E-state index contributed by atoms with van der Waals surface area (Å²) >= 11 is 0. The number of nitrogen functional groups attached to an aromatic ring is 1. The van der Waals surface area contributed by atoms with Gasteiger partial charge in [-0.15, -0.1) is 0 Å². The SMILES string of the molecule is Cc1cccc(N2C(=O)c3ccc(N)cc3C2=O)c1C#N. The summed E-state index contributed by atoms with van der Waals surface area (Å²) in [6.07, 6.45) is 0. The molecular weight excluding hydrogens is 266 g/mol. The number of nitrogens with zero attached hydrogens (tertiary/aromatic N) is 2. The standard InChI is InChI=1S/C16H11N3O2/c1-9-3-2-4-14(13(9)8-17)19-15(20)11-6-5-10(18)7-12(11)16(19)21/h2-7H,18H2,1H3. The highest BCUT2D eigenvalue weighted by Crippen LogP contribution is 2.32. The molecule has 0 fully saturated rings. The number of amides is 2. The molecule has 1 heterocycles. The summed E-state index contributed by atoms with van der Waals surface area (Å²) in [5.41, 5.74) is 8.00. The van der Waals surface area contributed by atoms with Crippen molar-refractivity contribution in [2.45, 2.75) is 6.92 Å². The Balaban J connectivity index is 2.20. The number of carbonyl (C=O) groups excluding carboxylic acids is 2. The molecule has 102 valence electrons. The van der Waals surface area contributed by atoms with E-state index in [9.17, 15) is 14.9 Å². The molecule has 21 heavy (non-hydrogen) atoms. The zero-order valence-corrected chi connectivity index (χ0v) is 11.3. The summed E-state index contributed by atoms with van der Waals surface area (Å²) in [4.78, 5) is 26.0. The fourth-order valence-electron chi connectivity index (χ4n) is 2.46. The summed E-state index contributed by atoms with van der Waals surface area (Å²) in [7, 11) is 0. The molecule has 0 atom stereocenters. The van der Waals surface area contributed by atoms with Crippen molar-refractivity contribution in [1.82, 2.24) is 0 Å².